The Hall–Kier alpha value is -4.51. The van der Waals surface area contributed by atoms with Gasteiger partial charge in [0.05, 0.1) is 19.8 Å². The number of morpholine rings is 1. The monoisotopic (exact) mass is 622 g/mol. The number of pyridine rings is 1. The van der Waals surface area contributed by atoms with E-state index in [1.165, 1.54) is 5.56 Å². The minimum Gasteiger partial charge on any atom is -0.383 e. The molecule has 2 fully saturated rings. The fraction of sp³-hybridized carbons (Fsp3) is 0.361. The molecular formula is C36H42N6O4. The number of hydrogen-bond acceptors (Lipinski definition) is 8. The zero-order valence-electron chi connectivity index (χ0n) is 26.7. The first-order valence-corrected chi connectivity index (χ1v) is 16.0. The number of carbonyl (C=O) groups is 2. The molecule has 10 heteroatoms. The molecule has 4 aromatic rings. The Morgan fingerprint density at radius 2 is 1.61 bits per heavy atom. The van der Waals surface area contributed by atoms with Gasteiger partial charge in [-0.3, -0.25) is 14.5 Å². The third-order valence-electron chi connectivity index (χ3n) is 8.74. The quantitative estimate of drug-likeness (QED) is 0.193. The summed E-state index contributed by atoms with van der Waals surface area (Å²) in [5, 5.41) is 2.82. The highest BCUT2D eigenvalue weighted by atomic mass is 16.5. The predicted octanol–water partition coefficient (Wildman–Crippen LogP) is 4.49. The van der Waals surface area contributed by atoms with E-state index in [0.29, 0.717) is 24.5 Å². The van der Waals surface area contributed by atoms with Gasteiger partial charge >= 0.3 is 0 Å². The van der Waals surface area contributed by atoms with Gasteiger partial charge in [-0.25, -0.2) is 4.98 Å². The number of methoxy groups -OCH3 is 1. The second kappa shape index (κ2) is 14.7. The summed E-state index contributed by atoms with van der Waals surface area (Å²) in [7, 11) is 1.62. The van der Waals surface area contributed by atoms with Crippen molar-refractivity contribution in [1.29, 1.82) is 0 Å². The molecule has 2 saturated heterocycles. The lowest BCUT2D eigenvalue weighted by Gasteiger charge is -2.37. The van der Waals surface area contributed by atoms with Crippen LogP contribution in [0.15, 0.2) is 79.0 Å². The largest absolute Gasteiger partial charge is 0.383 e. The predicted molar refractivity (Wildman–Crippen MR) is 181 cm³/mol. The first kappa shape index (κ1) is 31.5. The van der Waals surface area contributed by atoms with Crippen LogP contribution in [0.3, 0.4) is 0 Å². The first-order valence-electron chi connectivity index (χ1n) is 16.0. The maximum absolute atomic E-state index is 13.6. The van der Waals surface area contributed by atoms with Crippen molar-refractivity contribution in [2.75, 3.05) is 81.3 Å². The van der Waals surface area contributed by atoms with Crippen molar-refractivity contribution in [3.8, 4) is 11.1 Å². The molecule has 10 nitrogen and oxygen atoms in total. The minimum atomic E-state index is -0.668. The molecule has 2 aromatic carbocycles. The van der Waals surface area contributed by atoms with Crippen molar-refractivity contribution in [2.24, 2.45) is 0 Å². The number of nitrogens with one attached hydrogen (secondary N) is 1. The van der Waals surface area contributed by atoms with Gasteiger partial charge in [-0.05, 0) is 54.4 Å². The third-order valence-corrected chi connectivity index (χ3v) is 8.74. The first-order chi connectivity index (χ1) is 22.5. The summed E-state index contributed by atoms with van der Waals surface area (Å²) in [4.78, 5) is 38.7. The Bertz CT molecular complexity index is 1610. The molecule has 0 aliphatic carbocycles. The van der Waals surface area contributed by atoms with E-state index in [1.807, 2.05) is 78.4 Å². The van der Waals surface area contributed by atoms with Crippen molar-refractivity contribution in [3.05, 3.63) is 95.9 Å². The van der Waals surface area contributed by atoms with Crippen molar-refractivity contribution in [3.63, 3.8) is 0 Å². The maximum atomic E-state index is 13.6. The molecule has 240 valence electrons. The van der Waals surface area contributed by atoms with E-state index in [1.54, 1.807) is 7.11 Å². The number of hydrogen-bond donors (Lipinski definition) is 1. The summed E-state index contributed by atoms with van der Waals surface area (Å²) in [6.07, 6.45) is 2.00. The Morgan fingerprint density at radius 1 is 0.891 bits per heavy atom. The third kappa shape index (κ3) is 7.31. The van der Waals surface area contributed by atoms with Crippen LogP contribution in [0, 0.1) is 6.92 Å². The SMILES string of the molecule is COCCn1c(C)cc(-c2ccccc2)c1C(=O)C(=O)Nc1ccc(N2CCN(c3ccc(CN4CCOCC4)cn3)CC2)cc1. The molecule has 2 aromatic heterocycles. The molecule has 0 saturated carbocycles. The molecule has 1 amide bonds. The van der Waals surface area contributed by atoms with Gasteiger partial charge in [0.1, 0.15) is 11.5 Å². The number of aryl methyl sites for hydroxylation is 1. The smallest absolute Gasteiger partial charge is 0.298 e. The second-order valence-electron chi connectivity index (χ2n) is 11.8. The zero-order chi connectivity index (χ0) is 31.9. The summed E-state index contributed by atoms with van der Waals surface area (Å²) in [6.45, 7) is 10.7. The molecule has 0 spiro atoms. The summed E-state index contributed by atoms with van der Waals surface area (Å²) in [6, 6.07) is 23.6. The van der Waals surface area contributed by atoms with E-state index >= 15 is 0 Å². The molecule has 4 heterocycles. The van der Waals surface area contributed by atoms with E-state index in [9.17, 15) is 9.59 Å². The van der Waals surface area contributed by atoms with Gasteiger partial charge in [-0.15, -0.1) is 0 Å². The summed E-state index contributed by atoms with van der Waals surface area (Å²) in [5.74, 6) is -0.239. The lowest BCUT2D eigenvalue weighted by Crippen LogP contribution is -2.46. The van der Waals surface area contributed by atoms with Crippen LogP contribution in [0.1, 0.15) is 21.7 Å². The van der Waals surface area contributed by atoms with Gasteiger partial charge < -0.3 is 29.2 Å². The van der Waals surface area contributed by atoms with Gasteiger partial charge in [0.25, 0.3) is 11.7 Å². The summed E-state index contributed by atoms with van der Waals surface area (Å²) < 4.78 is 12.6. The molecular weight excluding hydrogens is 580 g/mol. The van der Waals surface area contributed by atoms with Crippen LogP contribution >= 0.6 is 0 Å². The number of ether oxygens (including phenoxy) is 2. The molecule has 0 unspecified atom stereocenters. The second-order valence-corrected chi connectivity index (χ2v) is 11.8. The zero-order valence-corrected chi connectivity index (χ0v) is 26.7. The standard InChI is InChI=1S/C36H42N6O4/c1-27-24-32(29-6-4-3-5-7-29)34(42(27)20-21-45-2)35(43)36(44)38-30-9-11-31(12-10-30)40-14-16-41(17-15-40)33-13-8-28(25-37-33)26-39-18-22-46-23-19-39/h3-13,24-25H,14-23,26H2,1-2H3,(H,38,44). The number of carbonyl (C=O) groups excluding carboxylic acids is 2. The van der Waals surface area contributed by atoms with Crippen LogP contribution in [-0.2, 0) is 27.4 Å². The van der Waals surface area contributed by atoms with Crippen molar-refractivity contribution in [2.45, 2.75) is 20.0 Å². The van der Waals surface area contributed by atoms with Crippen molar-refractivity contribution < 1.29 is 19.1 Å². The molecule has 1 N–H and O–H groups in total. The summed E-state index contributed by atoms with van der Waals surface area (Å²) >= 11 is 0. The fourth-order valence-corrected chi connectivity index (χ4v) is 6.19. The lowest BCUT2D eigenvalue weighted by atomic mass is 10.0. The van der Waals surface area contributed by atoms with Crippen molar-refractivity contribution >= 4 is 28.9 Å². The number of ketones is 1. The van der Waals surface area contributed by atoms with Gasteiger partial charge in [-0.2, -0.15) is 0 Å². The molecule has 2 aliphatic rings. The number of benzene rings is 2. The Kier molecular flexibility index (Phi) is 10.1. The topological polar surface area (TPSA) is 92.2 Å². The Morgan fingerprint density at radius 3 is 2.28 bits per heavy atom. The van der Waals surface area contributed by atoms with Crippen LogP contribution < -0.4 is 15.1 Å². The molecule has 0 atom stereocenters. The van der Waals surface area contributed by atoms with Gasteiger partial charge in [0.2, 0.25) is 0 Å². The Balaban J connectivity index is 1.06. The van der Waals surface area contributed by atoms with Crippen LogP contribution in [0.4, 0.5) is 17.2 Å². The van der Waals surface area contributed by atoms with Crippen molar-refractivity contribution in [1.82, 2.24) is 14.5 Å². The van der Waals surface area contributed by atoms with E-state index < -0.39 is 11.7 Å². The van der Waals surface area contributed by atoms with Crippen LogP contribution in [0.25, 0.3) is 11.1 Å². The average molecular weight is 623 g/mol. The lowest BCUT2D eigenvalue weighted by molar-refractivity contribution is -0.112. The minimum absolute atomic E-state index is 0.369. The average Bonchev–Trinajstić information content (AvgIpc) is 3.44. The molecule has 0 bridgehead atoms. The van der Waals surface area contributed by atoms with E-state index in [4.69, 9.17) is 14.5 Å². The maximum Gasteiger partial charge on any atom is 0.298 e. The van der Waals surface area contributed by atoms with Crippen LogP contribution in [0.5, 0.6) is 0 Å². The van der Waals surface area contributed by atoms with Gasteiger partial charge in [0, 0.05) is 88.3 Å². The molecule has 46 heavy (non-hydrogen) atoms. The van der Waals surface area contributed by atoms with Crippen LogP contribution in [-0.4, -0.2) is 92.3 Å². The number of rotatable bonds is 11. The number of anilines is 3. The fourth-order valence-electron chi connectivity index (χ4n) is 6.19. The Labute approximate surface area is 270 Å². The highest BCUT2D eigenvalue weighted by molar-refractivity contribution is 6.47. The van der Waals surface area contributed by atoms with E-state index in [-0.39, 0.29) is 0 Å². The van der Waals surface area contributed by atoms with Gasteiger partial charge in [0.15, 0.2) is 0 Å². The normalized spacial score (nSPS) is 15.6. The number of Topliss-reactive ketones (excluding diaryl/α,β-unsaturated/α-hetero) is 1. The molecule has 6 rings (SSSR count). The van der Waals surface area contributed by atoms with Gasteiger partial charge in [-0.1, -0.05) is 36.4 Å². The molecule has 0 radical (unpaired) electrons. The highest BCUT2D eigenvalue weighted by Gasteiger charge is 2.26. The highest BCUT2D eigenvalue weighted by Crippen LogP contribution is 2.29. The van der Waals surface area contributed by atoms with E-state index in [0.717, 1.165) is 87.4 Å². The summed E-state index contributed by atoms with van der Waals surface area (Å²) in [5.41, 5.74) is 5.78. The number of nitrogens with zero attached hydrogens (tertiary/aromatic N) is 5. The number of amides is 1. The van der Waals surface area contributed by atoms with Crippen LogP contribution in [0.2, 0.25) is 0 Å². The van der Waals surface area contributed by atoms with E-state index in [2.05, 4.69) is 32.1 Å². The number of aromatic nitrogens is 2. The number of piperazine rings is 1. The molecule has 2 aliphatic heterocycles.